The molecule has 1 N–H and O–H groups in total. The minimum atomic E-state index is -0.0476. The minimum Gasteiger partial charge on any atom is -0.393 e. The molecule has 4 aliphatic rings. The van der Waals surface area contributed by atoms with E-state index in [0.717, 1.165) is 36.5 Å². The fourth-order valence-electron chi connectivity index (χ4n) is 8.10. The van der Waals surface area contributed by atoms with Gasteiger partial charge in [-0.05, 0) is 104 Å². The van der Waals surface area contributed by atoms with E-state index in [9.17, 15) is 5.11 Å². The highest BCUT2D eigenvalue weighted by atomic mass is 16.3. The van der Waals surface area contributed by atoms with Gasteiger partial charge in [0.05, 0.1) is 6.10 Å². The van der Waals surface area contributed by atoms with Crippen LogP contribution in [0.2, 0.25) is 0 Å². The molecular formula is C28H46O. The maximum atomic E-state index is 10.2. The average Bonchev–Trinajstić information content (AvgIpc) is 3.03. The SMILES string of the molecule is CC(C)[C@@H](C)/C=C/[C@@H](C)[C@H]1CCC2C3=CC[C@H]4C[C@@H](O)CC[C@]4(C)[C@H]3CC[C@@]21C. The van der Waals surface area contributed by atoms with Crippen molar-refractivity contribution in [2.45, 2.75) is 99.0 Å². The van der Waals surface area contributed by atoms with E-state index < -0.39 is 0 Å². The van der Waals surface area contributed by atoms with E-state index in [0.29, 0.717) is 28.6 Å². The molecule has 4 rings (SSSR count). The van der Waals surface area contributed by atoms with Crippen molar-refractivity contribution in [1.82, 2.24) is 0 Å². The standard InChI is InChI=1S/C28H46O/c1-18(2)19(3)7-8-20(4)24-11-12-25-23-10-9-21-17-22(29)13-15-27(21,5)26(23)14-16-28(24,25)6/h7-8,10,18-22,24-26,29H,9,11-17H2,1-6H3/b8-7+/t19-,20+,21-,22-,24+,25?,26-,27-,28+/m0/s1. The predicted octanol–water partition coefficient (Wildman–Crippen LogP) is 7.41. The van der Waals surface area contributed by atoms with E-state index in [-0.39, 0.29) is 6.10 Å². The summed E-state index contributed by atoms with van der Waals surface area (Å²) in [4.78, 5) is 0. The molecule has 1 heteroatoms. The second-order valence-corrected chi connectivity index (χ2v) is 12.3. The third kappa shape index (κ3) is 3.58. The average molecular weight is 399 g/mol. The lowest BCUT2D eigenvalue weighted by Gasteiger charge is -2.57. The number of aliphatic hydroxyl groups excluding tert-OH is 1. The second-order valence-electron chi connectivity index (χ2n) is 12.3. The lowest BCUT2D eigenvalue weighted by molar-refractivity contribution is -0.0414. The fourth-order valence-corrected chi connectivity index (χ4v) is 8.10. The van der Waals surface area contributed by atoms with E-state index >= 15 is 0 Å². The lowest BCUT2D eigenvalue weighted by atomic mass is 9.47. The van der Waals surface area contributed by atoms with Crippen molar-refractivity contribution in [2.24, 2.45) is 52.3 Å². The molecule has 0 amide bonds. The Kier molecular flexibility index (Phi) is 5.86. The molecule has 1 nitrogen and oxygen atoms in total. The maximum absolute atomic E-state index is 10.2. The Bertz CT molecular complexity index is 659. The third-order valence-corrected chi connectivity index (χ3v) is 10.5. The first-order chi connectivity index (χ1) is 13.7. The summed E-state index contributed by atoms with van der Waals surface area (Å²) in [7, 11) is 0. The van der Waals surface area contributed by atoms with Crippen LogP contribution in [-0.2, 0) is 0 Å². The van der Waals surface area contributed by atoms with Crippen LogP contribution in [0.1, 0.15) is 92.9 Å². The summed E-state index contributed by atoms with van der Waals surface area (Å²) >= 11 is 0. The second kappa shape index (κ2) is 7.85. The summed E-state index contributed by atoms with van der Waals surface area (Å²) in [6.45, 7) is 14.7. The highest BCUT2D eigenvalue weighted by Gasteiger charge is 2.57. The van der Waals surface area contributed by atoms with Crippen LogP contribution in [-0.4, -0.2) is 11.2 Å². The van der Waals surface area contributed by atoms with Crippen LogP contribution in [0.5, 0.6) is 0 Å². The first-order valence-corrected chi connectivity index (χ1v) is 12.7. The van der Waals surface area contributed by atoms with Crippen molar-refractivity contribution >= 4 is 0 Å². The summed E-state index contributed by atoms with van der Waals surface area (Å²) in [5.74, 6) is 5.25. The zero-order valence-corrected chi connectivity index (χ0v) is 20.0. The molecule has 0 bridgehead atoms. The van der Waals surface area contributed by atoms with Gasteiger partial charge in [0.15, 0.2) is 0 Å². The van der Waals surface area contributed by atoms with Gasteiger partial charge in [-0.15, -0.1) is 0 Å². The van der Waals surface area contributed by atoms with Gasteiger partial charge in [0.1, 0.15) is 0 Å². The third-order valence-electron chi connectivity index (χ3n) is 10.5. The quantitative estimate of drug-likeness (QED) is 0.489. The van der Waals surface area contributed by atoms with Gasteiger partial charge in [0.2, 0.25) is 0 Å². The van der Waals surface area contributed by atoms with Gasteiger partial charge >= 0.3 is 0 Å². The number of hydrogen-bond donors (Lipinski definition) is 1. The van der Waals surface area contributed by atoms with Crippen molar-refractivity contribution in [3.05, 3.63) is 23.8 Å². The Morgan fingerprint density at radius 3 is 2.34 bits per heavy atom. The van der Waals surface area contributed by atoms with E-state index in [4.69, 9.17) is 0 Å². The molecule has 0 aromatic rings. The Morgan fingerprint density at radius 2 is 1.62 bits per heavy atom. The topological polar surface area (TPSA) is 20.2 Å². The number of allylic oxidation sites excluding steroid dienone is 4. The van der Waals surface area contributed by atoms with Crippen LogP contribution in [0.15, 0.2) is 23.8 Å². The summed E-state index contributed by atoms with van der Waals surface area (Å²) in [6, 6.07) is 0. The number of fused-ring (bicyclic) bond motifs is 5. The number of rotatable bonds is 4. The van der Waals surface area contributed by atoms with E-state index in [1.165, 1.54) is 38.5 Å². The van der Waals surface area contributed by atoms with Gasteiger partial charge in [0, 0.05) is 0 Å². The molecule has 0 saturated heterocycles. The van der Waals surface area contributed by atoms with Crippen molar-refractivity contribution < 1.29 is 5.11 Å². The Morgan fingerprint density at radius 1 is 0.931 bits per heavy atom. The summed E-state index contributed by atoms with van der Waals surface area (Å²) in [6.07, 6.45) is 17.8. The molecule has 0 aliphatic heterocycles. The molecule has 1 unspecified atom stereocenters. The first kappa shape index (κ1) is 21.7. The molecule has 0 spiro atoms. The van der Waals surface area contributed by atoms with E-state index in [1.807, 2.05) is 5.57 Å². The van der Waals surface area contributed by atoms with Gasteiger partial charge in [-0.3, -0.25) is 0 Å². The van der Waals surface area contributed by atoms with Crippen LogP contribution < -0.4 is 0 Å². The van der Waals surface area contributed by atoms with Gasteiger partial charge in [0.25, 0.3) is 0 Å². The zero-order valence-electron chi connectivity index (χ0n) is 20.0. The monoisotopic (exact) mass is 398 g/mol. The summed E-state index contributed by atoms with van der Waals surface area (Å²) in [5.41, 5.74) is 2.79. The first-order valence-electron chi connectivity index (χ1n) is 12.7. The van der Waals surface area contributed by atoms with Gasteiger partial charge < -0.3 is 5.11 Å². The van der Waals surface area contributed by atoms with Crippen LogP contribution in [0.25, 0.3) is 0 Å². The smallest absolute Gasteiger partial charge is 0.0543 e. The normalized spacial score (nSPS) is 46.8. The van der Waals surface area contributed by atoms with Crippen LogP contribution in [0, 0.1) is 52.3 Å². The number of aliphatic hydroxyl groups is 1. The van der Waals surface area contributed by atoms with Crippen molar-refractivity contribution in [1.29, 1.82) is 0 Å². The Hall–Kier alpha value is -0.560. The molecule has 4 aliphatic carbocycles. The van der Waals surface area contributed by atoms with E-state index in [2.05, 4.69) is 59.8 Å². The van der Waals surface area contributed by atoms with Crippen LogP contribution in [0.3, 0.4) is 0 Å². The zero-order chi connectivity index (χ0) is 21.0. The molecule has 9 atom stereocenters. The molecule has 0 radical (unpaired) electrons. The molecule has 3 fully saturated rings. The Balaban J connectivity index is 1.54. The van der Waals surface area contributed by atoms with Crippen LogP contribution in [0.4, 0.5) is 0 Å². The molecule has 0 aromatic heterocycles. The van der Waals surface area contributed by atoms with E-state index in [1.54, 1.807) is 0 Å². The molecule has 3 saturated carbocycles. The van der Waals surface area contributed by atoms with Crippen molar-refractivity contribution in [2.75, 3.05) is 0 Å². The molecule has 29 heavy (non-hydrogen) atoms. The molecule has 0 aromatic carbocycles. The van der Waals surface area contributed by atoms with Gasteiger partial charge in [-0.25, -0.2) is 0 Å². The number of hydrogen-bond acceptors (Lipinski definition) is 1. The molecular weight excluding hydrogens is 352 g/mol. The Labute approximate surface area is 180 Å². The van der Waals surface area contributed by atoms with Crippen molar-refractivity contribution in [3.63, 3.8) is 0 Å². The lowest BCUT2D eigenvalue weighted by Crippen LogP contribution is -2.49. The van der Waals surface area contributed by atoms with Gasteiger partial charge in [-0.2, -0.15) is 0 Å². The minimum absolute atomic E-state index is 0.0476. The maximum Gasteiger partial charge on any atom is 0.0543 e. The highest BCUT2D eigenvalue weighted by molar-refractivity contribution is 5.28. The molecule has 164 valence electrons. The summed E-state index contributed by atoms with van der Waals surface area (Å²) in [5, 5.41) is 10.2. The fraction of sp³-hybridized carbons (Fsp3) is 0.857. The highest BCUT2D eigenvalue weighted by Crippen LogP contribution is 2.66. The largest absolute Gasteiger partial charge is 0.393 e. The predicted molar refractivity (Wildman–Crippen MR) is 124 cm³/mol. The van der Waals surface area contributed by atoms with Crippen LogP contribution >= 0.6 is 0 Å². The summed E-state index contributed by atoms with van der Waals surface area (Å²) < 4.78 is 0. The van der Waals surface area contributed by atoms with Crippen molar-refractivity contribution in [3.8, 4) is 0 Å². The molecule has 0 heterocycles. The van der Waals surface area contributed by atoms with Gasteiger partial charge in [-0.1, -0.05) is 65.3 Å².